The van der Waals surface area contributed by atoms with E-state index >= 15 is 0 Å². The van der Waals surface area contributed by atoms with Gasteiger partial charge in [0.1, 0.15) is 22.3 Å². The smallest absolute Gasteiger partial charge is 0.303 e. The minimum Gasteiger partial charge on any atom is -0.460 e. The highest BCUT2D eigenvalue weighted by Gasteiger charge is 2.29. The standard InChI is InChI=1S/C30H29N5S.C6H12O2.C2H6/c1-6-11-22(7-2)28(23-12-9-8-10-13-23)34-25-16-14-24(15-17-25)29-27-19(3)20(4)36-30(27)35(21(5)31)26(32)18-33-29;1-5(7)8-6(2,3)4;1-2/h6-17,31-32H,1-2,18H2,3-5H3;1-4H3;1-2H3/b22-11+,31-21?,32-26?,34-28?;;. The maximum Gasteiger partial charge on any atom is 0.303 e. The average molecular weight is 638 g/mol. The van der Waals surface area contributed by atoms with E-state index < -0.39 is 0 Å². The molecule has 0 atom stereocenters. The largest absolute Gasteiger partial charge is 0.460 e. The van der Waals surface area contributed by atoms with Gasteiger partial charge in [-0.05, 0) is 59.2 Å². The molecule has 46 heavy (non-hydrogen) atoms. The van der Waals surface area contributed by atoms with Gasteiger partial charge >= 0.3 is 5.97 Å². The number of fused-ring (bicyclic) bond motifs is 1. The van der Waals surface area contributed by atoms with Crippen LogP contribution in [0.1, 0.15) is 75.6 Å². The molecule has 4 rings (SSSR count). The molecule has 0 unspecified atom stereocenters. The number of aryl methyl sites for hydroxylation is 1. The van der Waals surface area contributed by atoms with E-state index in [1.165, 1.54) is 6.92 Å². The fraction of sp³-hybridized carbons (Fsp3) is 0.289. The van der Waals surface area contributed by atoms with E-state index in [1.807, 2.05) is 95.3 Å². The number of amidine groups is 2. The number of carbonyl (C=O) groups is 1. The molecular formula is C38H47N5O2S. The van der Waals surface area contributed by atoms with Gasteiger partial charge in [0.2, 0.25) is 0 Å². The second-order valence-corrected chi connectivity index (χ2v) is 12.3. The molecule has 0 bridgehead atoms. The highest BCUT2D eigenvalue weighted by molar-refractivity contribution is 7.17. The number of thiophene rings is 1. The van der Waals surface area contributed by atoms with Gasteiger partial charge in [-0.3, -0.25) is 25.5 Å². The summed E-state index contributed by atoms with van der Waals surface area (Å²) in [6, 6.07) is 18.1. The average Bonchev–Trinajstić information content (AvgIpc) is 3.19. The van der Waals surface area contributed by atoms with Crippen molar-refractivity contribution in [2.24, 2.45) is 9.98 Å². The van der Waals surface area contributed by atoms with Gasteiger partial charge in [-0.1, -0.05) is 87.7 Å². The number of aliphatic imine (C=N–C) groups is 2. The van der Waals surface area contributed by atoms with Gasteiger partial charge in [0, 0.05) is 34.1 Å². The number of nitrogens with zero attached hydrogens (tertiary/aromatic N) is 3. The van der Waals surface area contributed by atoms with E-state index in [0.717, 1.165) is 54.8 Å². The number of anilines is 1. The summed E-state index contributed by atoms with van der Waals surface area (Å²) in [5, 5.41) is 17.6. The molecule has 3 aromatic rings. The van der Waals surface area contributed by atoms with Crippen molar-refractivity contribution in [3.05, 3.63) is 119 Å². The van der Waals surface area contributed by atoms with Crippen molar-refractivity contribution in [3.63, 3.8) is 0 Å². The molecule has 1 aliphatic heterocycles. The van der Waals surface area contributed by atoms with E-state index in [1.54, 1.807) is 35.3 Å². The summed E-state index contributed by atoms with van der Waals surface area (Å²) in [5.41, 5.74) is 7.13. The third-order valence-electron chi connectivity index (χ3n) is 6.47. The third-order valence-corrected chi connectivity index (χ3v) is 7.66. The zero-order chi connectivity index (χ0) is 34.6. The minimum absolute atomic E-state index is 0.221. The Balaban J connectivity index is 0.000000643. The van der Waals surface area contributed by atoms with E-state index in [2.05, 4.69) is 27.0 Å². The van der Waals surface area contributed by atoms with Gasteiger partial charge in [-0.25, -0.2) is 4.99 Å². The molecule has 0 spiro atoms. The van der Waals surface area contributed by atoms with E-state index in [9.17, 15) is 4.79 Å². The molecule has 0 saturated heterocycles. The molecule has 7 nitrogen and oxygen atoms in total. The predicted octanol–water partition coefficient (Wildman–Crippen LogP) is 9.79. The van der Waals surface area contributed by atoms with Crippen LogP contribution in [0.3, 0.4) is 0 Å². The molecule has 8 heteroatoms. The Kier molecular flexibility index (Phi) is 14.0. The number of esters is 1. The topological polar surface area (TPSA) is 102 Å². The second-order valence-electron chi connectivity index (χ2n) is 11.1. The lowest BCUT2D eigenvalue weighted by molar-refractivity contribution is -0.151. The van der Waals surface area contributed by atoms with Crippen LogP contribution in [0.5, 0.6) is 0 Å². The molecular weight excluding hydrogens is 591 g/mol. The van der Waals surface area contributed by atoms with Crippen LogP contribution in [0.25, 0.3) is 0 Å². The predicted molar refractivity (Wildman–Crippen MR) is 198 cm³/mol. The number of rotatable bonds is 6. The normalized spacial score (nSPS) is 13.1. The van der Waals surface area contributed by atoms with Crippen LogP contribution in [-0.4, -0.2) is 41.2 Å². The lowest BCUT2D eigenvalue weighted by Crippen LogP contribution is -2.35. The van der Waals surface area contributed by atoms with Crippen LogP contribution in [0, 0.1) is 24.7 Å². The monoisotopic (exact) mass is 637 g/mol. The van der Waals surface area contributed by atoms with Crippen LogP contribution in [-0.2, 0) is 9.53 Å². The number of benzene rings is 2. The number of hydrogen-bond acceptors (Lipinski definition) is 7. The van der Waals surface area contributed by atoms with Gasteiger partial charge in [-0.15, -0.1) is 11.3 Å². The lowest BCUT2D eigenvalue weighted by atomic mass is 9.99. The first kappa shape index (κ1) is 37.5. The van der Waals surface area contributed by atoms with Gasteiger partial charge in [0.15, 0.2) is 0 Å². The van der Waals surface area contributed by atoms with Crippen LogP contribution in [0.4, 0.5) is 10.7 Å². The minimum atomic E-state index is -0.328. The molecule has 2 heterocycles. The molecule has 0 amide bonds. The molecule has 2 aromatic carbocycles. The quantitative estimate of drug-likeness (QED) is 0.122. The summed E-state index contributed by atoms with van der Waals surface area (Å²) < 4.78 is 4.80. The van der Waals surface area contributed by atoms with Crippen molar-refractivity contribution in [1.29, 1.82) is 10.8 Å². The molecule has 242 valence electrons. The summed E-state index contributed by atoms with van der Waals surface area (Å²) in [4.78, 5) is 22.9. The summed E-state index contributed by atoms with van der Waals surface area (Å²) in [7, 11) is 0. The number of carbonyl (C=O) groups excluding carboxylic acids is 1. The Morgan fingerprint density at radius 2 is 1.65 bits per heavy atom. The molecule has 1 aliphatic rings. The van der Waals surface area contributed by atoms with Crippen molar-refractivity contribution in [2.45, 2.75) is 67.9 Å². The zero-order valence-electron chi connectivity index (χ0n) is 28.6. The fourth-order valence-electron chi connectivity index (χ4n) is 4.58. The highest BCUT2D eigenvalue weighted by Crippen LogP contribution is 2.39. The van der Waals surface area contributed by atoms with Gasteiger partial charge < -0.3 is 4.74 Å². The SMILES string of the molecule is C=C/C=C(\C=C)C(=Nc1ccc(C2=NCC(=N)N(C(C)=N)c3sc(C)c(C)c32)cc1)c1ccccc1.CC.CC(=O)OC(C)(C)C. The third kappa shape index (κ3) is 9.91. The Labute approximate surface area is 278 Å². The van der Waals surface area contributed by atoms with Crippen LogP contribution in [0.15, 0.2) is 102 Å². The maximum atomic E-state index is 10.2. The Morgan fingerprint density at radius 3 is 2.13 bits per heavy atom. The Morgan fingerprint density at radius 1 is 1.04 bits per heavy atom. The second kappa shape index (κ2) is 17.1. The number of nitrogens with one attached hydrogen (secondary N) is 2. The summed E-state index contributed by atoms with van der Waals surface area (Å²) in [6.07, 6.45) is 5.43. The van der Waals surface area contributed by atoms with Crippen molar-refractivity contribution >= 4 is 51.1 Å². The molecule has 0 aliphatic carbocycles. The molecule has 0 saturated carbocycles. The van der Waals surface area contributed by atoms with Crippen LogP contribution < -0.4 is 4.90 Å². The van der Waals surface area contributed by atoms with Crippen LogP contribution in [0.2, 0.25) is 0 Å². The Bertz CT molecular complexity index is 1650. The van der Waals surface area contributed by atoms with Gasteiger partial charge in [0.05, 0.1) is 23.7 Å². The first-order chi connectivity index (χ1) is 21.8. The summed E-state index contributed by atoms with van der Waals surface area (Å²) in [6.45, 7) is 24.8. The lowest BCUT2D eigenvalue weighted by Gasteiger charge is -2.21. The fourth-order valence-corrected chi connectivity index (χ4v) is 5.81. The van der Waals surface area contributed by atoms with Crippen molar-refractivity contribution in [2.75, 3.05) is 11.4 Å². The zero-order valence-corrected chi connectivity index (χ0v) is 29.4. The molecule has 2 N–H and O–H groups in total. The molecule has 0 fully saturated rings. The highest BCUT2D eigenvalue weighted by atomic mass is 32.1. The van der Waals surface area contributed by atoms with Crippen LogP contribution >= 0.6 is 11.3 Å². The summed E-state index contributed by atoms with van der Waals surface area (Å²) >= 11 is 1.61. The maximum absolute atomic E-state index is 10.2. The number of allylic oxidation sites excluding steroid dienone is 4. The van der Waals surface area contributed by atoms with E-state index in [4.69, 9.17) is 25.5 Å². The summed E-state index contributed by atoms with van der Waals surface area (Å²) in [5.74, 6) is 0.403. The number of hydrogen-bond donors (Lipinski definition) is 2. The molecule has 0 radical (unpaired) electrons. The van der Waals surface area contributed by atoms with Crippen molar-refractivity contribution in [3.8, 4) is 0 Å². The molecule has 1 aromatic heterocycles. The van der Waals surface area contributed by atoms with Gasteiger partial charge in [-0.2, -0.15) is 0 Å². The first-order valence-corrected chi connectivity index (χ1v) is 16.1. The first-order valence-electron chi connectivity index (χ1n) is 15.2. The van der Waals surface area contributed by atoms with E-state index in [0.29, 0.717) is 11.7 Å². The van der Waals surface area contributed by atoms with Gasteiger partial charge in [0.25, 0.3) is 0 Å². The van der Waals surface area contributed by atoms with Crippen molar-refractivity contribution in [1.82, 2.24) is 0 Å². The number of ether oxygens (including phenoxy) is 1. The van der Waals surface area contributed by atoms with E-state index in [-0.39, 0.29) is 18.1 Å². The van der Waals surface area contributed by atoms with Crippen molar-refractivity contribution < 1.29 is 9.53 Å². The Hall–Kier alpha value is -4.69.